The Hall–Kier alpha value is -1.90. The average molecular weight is 279 g/mol. The quantitative estimate of drug-likeness (QED) is 0.857. The van der Waals surface area contributed by atoms with Gasteiger partial charge in [-0.15, -0.1) is 0 Å². The molecule has 1 aromatic heterocycles. The van der Waals surface area contributed by atoms with Gasteiger partial charge in [-0.1, -0.05) is 36.8 Å². The van der Waals surface area contributed by atoms with Crippen LogP contribution < -0.4 is 5.73 Å². The molecule has 2 aromatic rings. The van der Waals surface area contributed by atoms with Gasteiger partial charge in [0.1, 0.15) is 11.6 Å². The van der Waals surface area contributed by atoms with Gasteiger partial charge in [-0.3, -0.25) is 0 Å². The predicted molar refractivity (Wildman–Crippen MR) is 84.2 cm³/mol. The van der Waals surface area contributed by atoms with Crippen LogP contribution in [0.25, 0.3) is 0 Å². The van der Waals surface area contributed by atoms with Crippen molar-refractivity contribution in [2.75, 3.05) is 5.73 Å². The van der Waals surface area contributed by atoms with Gasteiger partial charge < -0.3 is 5.73 Å². The van der Waals surface area contributed by atoms with Crippen LogP contribution in [0.2, 0.25) is 0 Å². The van der Waals surface area contributed by atoms with E-state index in [4.69, 9.17) is 15.7 Å². The van der Waals surface area contributed by atoms with Gasteiger partial charge in [-0.2, -0.15) is 0 Å². The van der Waals surface area contributed by atoms with E-state index in [2.05, 4.69) is 30.3 Å². The molecule has 1 fully saturated rings. The van der Waals surface area contributed by atoms with Crippen molar-refractivity contribution in [2.45, 2.75) is 50.4 Å². The Balaban J connectivity index is 1.80. The molecule has 0 radical (unpaired) electrons. The van der Waals surface area contributed by atoms with Gasteiger partial charge in [-0.05, 0) is 44.1 Å². The lowest BCUT2D eigenvalue weighted by Gasteiger charge is -2.17. The molecule has 21 heavy (non-hydrogen) atoms. The molecular formula is C18H21N3. The summed E-state index contributed by atoms with van der Waals surface area (Å²) in [5.74, 6) is 1.67. The van der Waals surface area contributed by atoms with Crippen LogP contribution in [0.15, 0.2) is 30.3 Å². The van der Waals surface area contributed by atoms with Gasteiger partial charge in [0.25, 0.3) is 0 Å². The highest BCUT2D eigenvalue weighted by atomic mass is 15.0. The summed E-state index contributed by atoms with van der Waals surface area (Å²) in [6.07, 6.45) is 8.07. The molecule has 0 amide bonds. The summed E-state index contributed by atoms with van der Waals surface area (Å²) < 4.78 is 0. The zero-order valence-electron chi connectivity index (χ0n) is 12.3. The minimum atomic E-state index is 0.0245. The first-order chi connectivity index (χ1) is 10.3. The number of aryl methyl sites for hydroxylation is 1. The number of nitrogens with two attached hydrogens (primary N) is 1. The van der Waals surface area contributed by atoms with E-state index in [1.807, 2.05) is 0 Å². The van der Waals surface area contributed by atoms with Crippen LogP contribution in [0, 0.1) is 0 Å². The predicted octanol–water partition coefficient (Wildman–Crippen LogP) is 3.41. The van der Waals surface area contributed by atoms with Crippen molar-refractivity contribution >= 4 is 5.82 Å². The first kappa shape index (κ1) is 12.8. The molecule has 0 bridgehead atoms. The SMILES string of the molecule is Nc1nc(C2(c3ccccc3)CC2)nc2c1CCCCC2. The zero-order chi connectivity index (χ0) is 14.3. The van der Waals surface area contributed by atoms with Crippen LogP contribution in [-0.4, -0.2) is 9.97 Å². The van der Waals surface area contributed by atoms with E-state index < -0.39 is 0 Å². The lowest BCUT2D eigenvalue weighted by molar-refractivity contribution is 0.703. The topological polar surface area (TPSA) is 51.8 Å². The first-order valence-electron chi connectivity index (χ1n) is 8.01. The minimum Gasteiger partial charge on any atom is -0.383 e. The van der Waals surface area contributed by atoms with Gasteiger partial charge in [0.15, 0.2) is 0 Å². The van der Waals surface area contributed by atoms with Crippen LogP contribution in [0.5, 0.6) is 0 Å². The van der Waals surface area contributed by atoms with Crippen molar-refractivity contribution in [3.05, 3.63) is 53.0 Å². The Morgan fingerprint density at radius 1 is 0.905 bits per heavy atom. The Kier molecular flexibility index (Phi) is 2.95. The number of aromatic nitrogens is 2. The molecule has 0 saturated heterocycles. The molecule has 0 spiro atoms. The van der Waals surface area contributed by atoms with E-state index in [1.54, 1.807) is 0 Å². The van der Waals surface area contributed by atoms with Gasteiger partial charge in [0, 0.05) is 11.3 Å². The molecular weight excluding hydrogens is 258 g/mol. The summed E-state index contributed by atoms with van der Waals surface area (Å²) in [5, 5.41) is 0. The van der Waals surface area contributed by atoms with Crippen molar-refractivity contribution in [1.82, 2.24) is 9.97 Å². The Morgan fingerprint density at radius 3 is 2.43 bits per heavy atom. The summed E-state index contributed by atoms with van der Waals surface area (Å²) in [6.45, 7) is 0. The first-order valence-corrected chi connectivity index (χ1v) is 8.01. The second kappa shape index (κ2) is 4.83. The van der Waals surface area contributed by atoms with E-state index in [0.29, 0.717) is 0 Å². The molecule has 2 aliphatic rings. The number of nitrogen functional groups attached to an aromatic ring is 1. The molecule has 1 aromatic carbocycles. The minimum absolute atomic E-state index is 0.0245. The van der Waals surface area contributed by atoms with Crippen molar-refractivity contribution in [3.8, 4) is 0 Å². The molecule has 3 nitrogen and oxygen atoms in total. The Labute approximate surface area is 125 Å². The molecule has 4 rings (SSSR count). The average Bonchev–Trinajstić information content (AvgIpc) is 3.33. The number of nitrogens with zero attached hydrogens (tertiary/aromatic N) is 2. The van der Waals surface area contributed by atoms with Crippen LogP contribution in [0.3, 0.4) is 0 Å². The number of benzene rings is 1. The molecule has 108 valence electrons. The highest BCUT2D eigenvalue weighted by molar-refractivity contribution is 5.47. The normalized spacial score (nSPS) is 19.6. The monoisotopic (exact) mass is 279 g/mol. The summed E-state index contributed by atoms with van der Waals surface area (Å²) in [6, 6.07) is 10.6. The smallest absolute Gasteiger partial charge is 0.141 e. The third-order valence-corrected chi connectivity index (χ3v) is 4.97. The lowest BCUT2D eigenvalue weighted by Crippen LogP contribution is -2.17. The molecule has 1 saturated carbocycles. The lowest BCUT2D eigenvalue weighted by atomic mass is 9.94. The van der Waals surface area contributed by atoms with Crippen LogP contribution in [0.4, 0.5) is 5.82 Å². The van der Waals surface area contributed by atoms with Crippen LogP contribution in [-0.2, 0) is 18.3 Å². The third kappa shape index (κ3) is 2.11. The molecule has 0 unspecified atom stereocenters. The highest BCUT2D eigenvalue weighted by Crippen LogP contribution is 2.52. The Bertz CT molecular complexity index is 660. The molecule has 1 heterocycles. The maximum atomic E-state index is 6.26. The molecule has 0 aliphatic heterocycles. The van der Waals surface area contributed by atoms with Crippen molar-refractivity contribution < 1.29 is 0 Å². The van der Waals surface area contributed by atoms with E-state index in [1.165, 1.54) is 36.1 Å². The summed E-state index contributed by atoms with van der Waals surface area (Å²) in [7, 11) is 0. The number of fused-ring (bicyclic) bond motifs is 1. The van der Waals surface area contributed by atoms with E-state index in [0.717, 1.165) is 37.3 Å². The summed E-state index contributed by atoms with van der Waals surface area (Å²) in [5.41, 5.74) is 10.0. The fourth-order valence-corrected chi connectivity index (χ4v) is 3.54. The maximum absolute atomic E-state index is 6.26. The largest absolute Gasteiger partial charge is 0.383 e. The molecule has 2 aliphatic carbocycles. The summed E-state index contributed by atoms with van der Waals surface area (Å²) in [4.78, 5) is 9.66. The fraction of sp³-hybridized carbons (Fsp3) is 0.444. The third-order valence-electron chi connectivity index (χ3n) is 4.97. The van der Waals surface area contributed by atoms with Crippen molar-refractivity contribution in [2.24, 2.45) is 0 Å². The van der Waals surface area contributed by atoms with Gasteiger partial charge in [0.2, 0.25) is 0 Å². The van der Waals surface area contributed by atoms with Gasteiger partial charge in [-0.25, -0.2) is 9.97 Å². The van der Waals surface area contributed by atoms with Crippen LogP contribution in [0.1, 0.15) is 54.7 Å². The Morgan fingerprint density at radius 2 is 1.67 bits per heavy atom. The van der Waals surface area contributed by atoms with E-state index in [-0.39, 0.29) is 5.41 Å². The number of hydrogen-bond donors (Lipinski definition) is 1. The van der Waals surface area contributed by atoms with Crippen molar-refractivity contribution in [1.29, 1.82) is 0 Å². The zero-order valence-corrected chi connectivity index (χ0v) is 12.3. The van der Waals surface area contributed by atoms with Gasteiger partial charge >= 0.3 is 0 Å². The van der Waals surface area contributed by atoms with Gasteiger partial charge in [0.05, 0.1) is 5.41 Å². The second-order valence-corrected chi connectivity index (χ2v) is 6.37. The second-order valence-electron chi connectivity index (χ2n) is 6.37. The molecule has 3 heteroatoms. The number of rotatable bonds is 2. The molecule has 0 atom stereocenters. The van der Waals surface area contributed by atoms with E-state index in [9.17, 15) is 0 Å². The highest BCUT2D eigenvalue weighted by Gasteiger charge is 2.49. The number of hydrogen-bond acceptors (Lipinski definition) is 3. The maximum Gasteiger partial charge on any atom is 0.141 e. The molecule has 2 N–H and O–H groups in total. The van der Waals surface area contributed by atoms with E-state index >= 15 is 0 Å². The standard InChI is InChI=1S/C18H21N3/c19-16-14-9-5-2-6-10-15(14)20-17(21-16)18(11-12-18)13-7-3-1-4-8-13/h1,3-4,7-8H,2,5-6,9-12H2,(H2,19,20,21). The van der Waals surface area contributed by atoms with Crippen molar-refractivity contribution in [3.63, 3.8) is 0 Å². The summed E-state index contributed by atoms with van der Waals surface area (Å²) >= 11 is 0. The van der Waals surface area contributed by atoms with Crippen LogP contribution >= 0.6 is 0 Å². The number of anilines is 1. The fourth-order valence-electron chi connectivity index (χ4n) is 3.54.